The Morgan fingerprint density at radius 2 is 2.27 bits per heavy atom. The third-order valence-electron chi connectivity index (χ3n) is 2.85. The van der Waals surface area contributed by atoms with Gasteiger partial charge < -0.3 is 10.5 Å². The first-order valence-electron chi connectivity index (χ1n) is 5.08. The van der Waals surface area contributed by atoms with Crippen LogP contribution >= 0.6 is 15.9 Å². The minimum Gasteiger partial charge on any atom is -0.397 e. The molecule has 1 aromatic rings. The summed E-state index contributed by atoms with van der Waals surface area (Å²) < 4.78 is 6.53. The van der Waals surface area contributed by atoms with Crippen molar-refractivity contribution in [3.63, 3.8) is 0 Å². The molecule has 3 nitrogen and oxygen atoms in total. The number of nitrogen functional groups attached to an aromatic ring is 1. The SMILES string of the molecule is COC(c1c(N)cnc(C)c1Br)C1CC1. The first-order valence-corrected chi connectivity index (χ1v) is 5.87. The third-order valence-corrected chi connectivity index (χ3v) is 3.85. The van der Waals surface area contributed by atoms with Gasteiger partial charge in [0.25, 0.3) is 0 Å². The highest BCUT2D eigenvalue weighted by atomic mass is 79.9. The normalized spacial score (nSPS) is 17.8. The van der Waals surface area contributed by atoms with Crippen molar-refractivity contribution in [3.05, 3.63) is 21.9 Å². The topological polar surface area (TPSA) is 48.1 Å². The maximum atomic E-state index is 5.96. The van der Waals surface area contributed by atoms with E-state index >= 15 is 0 Å². The van der Waals surface area contributed by atoms with Gasteiger partial charge in [-0.1, -0.05) is 0 Å². The van der Waals surface area contributed by atoms with Crippen molar-refractivity contribution >= 4 is 21.6 Å². The van der Waals surface area contributed by atoms with Crippen molar-refractivity contribution < 1.29 is 4.74 Å². The Kier molecular flexibility index (Phi) is 2.98. The number of pyridine rings is 1. The molecule has 1 heterocycles. The molecule has 2 rings (SSSR count). The zero-order chi connectivity index (χ0) is 11.0. The van der Waals surface area contributed by atoms with Gasteiger partial charge in [-0.25, -0.2) is 0 Å². The summed E-state index contributed by atoms with van der Waals surface area (Å²) in [4.78, 5) is 4.21. The summed E-state index contributed by atoms with van der Waals surface area (Å²) in [5.74, 6) is 0.621. The number of nitrogens with two attached hydrogens (primary N) is 1. The molecule has 0 saturated heterocycles. The molecular formula is C11H15BrN2O. The zero-order valence-corrected chi connectivity index (χ0v) is 10.5. The molecular weight excluding hydrogens is 256 g/mol. The highest BCUT2D eigenvalue weighted by molar-refractivity contribution is 9.10. The number of hydrogen-bond acceptors (Lipinski definition) is 3. The van der Waals surface area contributed by atoms with Crippen LogP contribution in [0.3, 0.4) is 0 Å². The molecule has 1 unspecified atom stereocenters. The van der Waals surface area contributed by atoms with Gasteiger partial charge in [0, 0.05) is 17.1 Å². The lowest BCUT2D eigenvalue weighted by Crippen LogP contribution is -2.09. The Morgan fingerprint density at radius 1 is 1.60 bits per heavy atom. The first kappa shape index (κ1) is 10.9. The Hall–Kier alpha value is -0.610. The van der Waals surface area contributed by atoms with Crippen molar-refractivity contribution in [1.82, 2.24) is 4.98 Å². The van der Waals surface area contributed by atoms with E-state index in [-0.39, 0.29) is 6.10 Å². The van der Waals surface area contributed by atoms with E-state index in [0.717, 1.165) is 15.7 Å². The summed E-state index contributed by atoms with van der Waals surface area (Å²) in [6, 6.07) is 0. The quantitative estimate of drug-likeness (QED) is 0.919. The second-order valence-electron chi connectivity index (χ2n) is 4.02. The van der Waals surface area contributed by atoms with Gasteiger partial charge in [-0.05, 0) is 41.6 Å². The smallest absolute Gasteiger partial charge is 0.0881 e. The molecule has 0 bridgehead atoms. The molecule has 15 heavy (non-hydrogen) atoms. The van der Waals surface area contributed by atoms with Crippen molar-refractivity contribution in [3.8, 4) is 0 Å². The van der Waals surface area contributed by atoms with Crippen LogP contribution in [-0.4, -0.2) is 12.1 Å². The van der Waals surface area contributed by atoms with E-state index in [2.05, 4.69) is 20.9 Å². The molecule has 0 amide bonds. The minimum absolute atomic E-state index is 0.112. The second kappa shape index (κ2) is 4.10. The van der Waals surface area contributed by atoms with Gasteiger partial charge in [-0.15, -0.1) is 0 Å². The summed E-state index contributed by atoms with van der Waals surface area (Å²) in [7, 11) is 1.74. The van der Waals surface area contributed by atoms with E-state index in [1.165, 1.54) is 12.8 Å². The molecule has 0 aliphatic heterocycles. The molecule has 1 aliphatic carbocycles. The molecule has 1 aromatic heterocycles. The largest absolute Gasteiger partial charge is 0.397 e. The predicted molar refractivity (Wildman–Crippen MR) is 63.6 cm³/mol. The predicted octanol–water partition coefficient (Wildman–Crippen LogP) is 2.83. The summed E-state index contributed by atoms with van der Waals surface area (Å²) in [5, 5.41) is 0. The summed E-state index contributed by atoms with van der Waals surface area (Å²) in [6.07, 6.45) is 4.28. The highest BCUT2D eigenvalue weighted by Gasteiger charge is 2.35. The molecule has 82 valence electrons. The first-order chi connectivity index (χ1) is 7.15. The number of ether oxygens (including phenoxy) is 1. The lowest BCUT2D eigenvalue weighted by Gasteiger charge is -2.19. The highest BCUT2D eigenvalue weighted by Crippen LogP contribution is 2.46. The van der Waals surface area contributed by atoms with E-state index in [1.54, 1.807) is 13.3 Å². The number of aromatic nitrogens is 1. The third kappa shape index (κ3) is 2.01. The molecule has 4 heteroatoms. The number of methoxy groups -OCH3 is 1. The second-order valence-corrected chi connectivity index (χ2v) is 4.81. The van der Waals surface area contributed by atoms with Crippen LogP contribution in [0, 0.1) is 12.8 Å². The molecule has 1 saturated carbocycles. The Balaban J connectivity index is 2.44. The minimum atomic E-state index is 0.112. The van der Waals surface area contributed by atoms with Crippen LogP contribution in [0.1, 0.15) is 30.2 Å². The molecule has 0 aromatic carbocycles. The van der Waals surface area contributed by atoms with Gasteiger partial charge in [-0.2, -0.15) is 0 Å². The molecule has 2 N–H and O–H groups in total. The number of nitrogens with zero attached hydrogens (tertiary/aromatic N) is 1. The van der Waals surface area contributed by atoms with Gasteiger partial charge in [0.1, 0.15) is 0 Å². The molecule has 1 atom stereocenters. The summed E-state index contributed by atoms with van der Waals surface area (Å²) in [6.45, 7) is 1.96. The van der Waals surface area contributed by atoms with Crippen LogP contribution in [0.5, 0.6) is 0 Å². The molecule has 0 spiro atoms. The van der Waals surface area contributed by atoms with Crippen LogP contribution in [0.25, 0.3) is 0 Å². The Bertz CT molecular complexity index is 377. The molecule has 0 radical (unpaired) electrons. The average molecular weight is 271 g/mol. The zero-order valence-electron chi connectivity index (χ0n) is 8.96. The molecule has 1 fully saturated rings. The fourth-order valence-corrected chi connectivity index (χ4v) is 2.41. The van der Waals surface area contributed by atoms with E-state index in [0.29, 0.717) is 11.6 Å². The van der Waals surface area contributed by atoms with E-state index in [4.69, 9.17) is 10.5 Å². The fourth-order valence-electron chi connectivity index (χ4n) is 1.85. The molecule has 1 aliphatic rings. The van der Waals surface area contributed by atoms with Crippen molar-refractivity contribution in [2.75, 3.05) is 12.8 Å². The van der Waals surface area contributed by atoms with Gasteiger partial charge in [0.2, 0.25) is 0 Å². The van der Waals surface area contributed by atoms with Gasteiger partial charge in [-0.3, -0.25) is 4.98 Å². The van der Waals surface area contributed by atoms with Gasteiger partial charge >= 0.3 is 0 Å². The monoisotopic (exact) mass is 270 g/mol. The maximum absolute atomic E-state index is 5.96. The van der Waals surface area contributed by atoms with E-state index in [9.17, 15) is 0 Å². The summed E-state index contributed by atoms with van der Waals surface area (Å²) >= 11 is 3.55. The van der Waals surface area contributed by atoms with Crippen LogP contribution < -0.4 is 5.73 Å². The number of aryl methyl sites for hydroxylation is 1. The lowest BCUT2D eigenvalue weighted by atomic mass is 10.0. The number of anilines is 1. The van der Waals surface area contributed by atoms with Crippen LogP contribution in [0.2, 0.25) is 0 Å². The maximum Gasteiger partial charge on any atom is 0.0881 e. The average Bonchev–Trinajstić information content (AvgIpc) is 3.02. The fraction of sp³-hybridized carbons (Fsp3) is 0.545. The van der Waals surface area contributed by atoms with Gasteiger partial charge in [0.15, 0.2) is 0 Å². The number of halogens is 1. The van der Waals surface area contributed by atoms with Gasteiger partial charge in [0.05, 0.1) is 23.7 Å². The summed E-state index contributed by atoms with van der Waals surface area (Å²) in [5.41, 5.74) is 8.70. The van der Waals surface area contributed by atoms with Crippen LogP contribution in [0.4, 0.5) is 5.69 Å². The van der Waals surface area contributed by atoms with Crippen molar-refractivity contribution in [2.45, 2.75) is 25.9 Å². The lowest BCUT2D eigenvalue weighted by molar-refractivity contribution is 0.0845. The number of rotatable bonds is 3. The van der Waals surface area contributed by atoms with Crippen molar-refractivity contribution in [2.24, 2.45) is 5.92 Å². The Labute approximate surface area is 98.2 Å². The number of hydrogen-bond donors (Lipinski definition) is 1. The van der Waals surface area contributed by atoms with E-state index < -0.39 is 0 Å². The Morgan fingerprint density at radius 3 is 2.80 bits per heavy atom. The van der Waals surface area contributed by atoms with Crippen molar-refractivity contribution in [1.29, 1.82) is 0 Å². The van der Waals surface area contributed by atoms with Crippen LogP contribution in [0.15, 0.2) is 10.7 Å². The van der Waals surface area contributed by atoms with E-state index in [1.807, 2.05) is 6.92 Å². The van der Waals surface area contributed by atoms with Crippen LogP contribution in [-0.2, 0) is 4.74 Å². The standard InChI is InChI=1S/C11H15BrN2O/c1-6-10(12)9(8(13)5-14-6)11(15-2)7-3-4-7/h5,7,11H,3-4,13H2,1-2H3.